The molecule has 0 atom stereocenters. The van der Waals surface area contributed by atoms with E-state index in [9.17, 15) is 4.79 Å². The lowest BCUT2D eigenvalue weighted by atomic mass is 10.1. The number of rotatable bonds is 5. The van der Waals surface area contributed by atoms with Crippen molar-refractivity contribution in [3.8, 4) is 0 Å². The average molecular weight is 312 g/mol. The van der Waals surface area contributed by atoms with E-state index in [-0.39, 0.29) is 5.91 Å². The Labute approximate surface area is 137 Å². The molecule has 122 valence electrons. The Morgan fingerprint density at radius 2 is 1.87 bits per heavy atom. The van der Waals surface area contributed by atoms with Crippen LogP contribution in [0.1, 0.15) is 22.8 Å². The summed E-state index contributed by atoms with van der Waals surface area (Å²) >= 11 is 0. The van der Waals surface area contributed by atoms with Crippen LogP contribution in [-0.4, -0.2) is 26.5 Å². The second-order valence-electron chi connectivity index (χ2n) is 5.54. The first-order chi connectivity index (χ1) is 11.0. The monoisotopic (exact) mass is 312 g/mol. The van der Waals surface area contributed by atoms with Crippen molar-refractivity contribution in [2.24, 2.45) is 0 Å². The topological polar surface area (TPSA) is 70.4 Å². The van der Waals surface area contributed by atoms with E-state index in [1.54, 1.807) is 6.07 Å². The van der Waals surface area contributed by atoms with E-state index < -0.39 is 0 Å². The molecule has 2 rings (SSSR count). The minimum Gasteiger partial charge on any atom is -0.397 e. The number of aryl methyl sites for hydroxylation is 1. The van der Waals surface area contributed by atoms with E-state index >= 15 is 0 Å². The first kappa shape index (κ1) is 16.7. The molecule has 5 nitrogen and oxygen atoms in total. The molecule has 0 unspecified atom stereocenters. The summed E-state index contributed by atoms with van der Waals surface area (Å²) in [4.78, 5) is 14.7. The van der Waals surface area contributed by atoms with Gasteiger partial charge in [0.2, 0.25) is 0 Å². The van der Waals surface area contributed by atoms with Crippen LogP contribution in [0.3, 0.4) is 0 Å². The minimum atomic E-state index is -0.168. The van der Waals surface area contributed by atoms with Gasteiger partial charge in [0.1, 0.15) is 0 Å². The molecule has 0 aliphatic rings. The molecule has 0 saturated heterocycles. The summed E-state index contributed by atoms with van der Waals surface area (Å²) in [7, 11) is 3.76. The normalized spacial score (nSPS) is 10.3. The van der Waals surface area contributed by atoms with Crippen LogP contribution < -0.4 is 21.3 Å². The average Bonchev–Trinajstić information content (AvgIpc) is 2.55. The highest BCUT2D eigenvalue weighted by Gasteiger charge is 2.17. The molecule has 23 heavy (non-hydrogen) atoms. The summed E-state index contributed by atoms with van der Waals surface area (Å²) in [6.07, 6.45) is 0. The number of nitrogen functional groups attached to an aromatic ring is 1. The first-order valence-corrected chi connectivity index (χ1v) is 7.66. The molecule has 1 amide bonds. The number of carbonyl (C=O) groups is 1. The number of hydrogen-bond donors (Lipinski definition) is 3. The minimum absolute atomic E-state index is 0.168. The number of benzene rings is 2. The van der Waals surface area contributed by atoms with E-state index in [1.807, 2.05) is 63.2 Å². The fourth-order valence-electron chi connectivity index (χ4n) is 2.32. The Morgan fingerprint density at radius 1 is 1.22 bits per heavy atom. The van der Waals surface area contributed by atoms with Crippen molar-refractivity contribution in [3.63, 3.8) is 0 Å². The van der Waals surface area contributed by atoms with Crippen LogP contribution in [0.4, 0.5) is 22.7 Å². The molecule has 0 fully saturated rings. The Bertz CT molecular complexity index is 695. The van der Waals surface area contributed by atoms with Crippen molar-refractivity contribution in [2.75, 3.05) is 41.9 Å². The van der Waals surface area contributed by atoms with Gasteiger partial charge < -0.3 is 21.3 Å². The van der Waals surface area contributed by atoms with Crippen LogP contribution in [0.25, 0.3) is 0 Å². The van der Waals surface area contributed by atoms with Crippen LogP contribution in [0, 0.1) is 6.92 Å². The molecule has 0 spiro atoms. The van der Waals surface area contributed by atoms with Crippen molar-refractivity contribution < 1.29 is 4.79 Å². The maximum absolute atomic E-state index is 12.7. The maximum Gasteiger partial charge on any atom is 0.257 e. The smallest absolute Gasteiger partial charge is 0.257 e. The number of nitrogens with one attached hydrogen (secondary N) is 2. The molecule has 0 radical (unpaired) electrons. The highest BCUT2D eigenvalue weighted by molar-refractivity contribution is 6.09. The van der Waals surface area contributed by atoms with Crippen LogP contribution in [0.5, 0.6) is 0 Å². The molecular formula is C18H24N4O. The lowest BCUT2D eigenvalue weighted by Gasteiger charge is -2.22. The van der Waals surface area contributed by atoms with Crippen LogP contribution in [-0.2, 0) is 0 Å². The van der Waals surface area contributed by atoms with Crippen LogP contribution >= 0.6 is 0 Å². The predicted octanol–water partition coefficient (Wildman–Crippen LogP) is 3.33. The van der Waals surface area contributed by atoms with Crippen molar-refractivity contribution in [1.82, 2.24) is 0 Å². The number of nitrogens with zero attached hydrogens (tertiary/aromatic N) is 1. The zero-order chi connectivity index (χ0) is 17.0. The predicted molar refractivity (Wildman–Crippen MR) is 98.5 cm³/mol. The lowest BCUT2D eigenvalue weighted by Crippen LogP contribution is -2.22. The van der Waals surface area contributed by atoms with Gasteiger partial charge >= 0.3 is 0 Å². The summed E-state index contributed by atoms with van der Waals surface area (Å²) in [5.41, 5.74) is 10.7. The fraction of sp³-hybridized carbons (Fsp3) is 0.278. The number of amides is 1. The molecule has 0 heterocycles. The molecule has 2 aromatic rings. The Morgan fingerprint density at radius 3 is 2.43 bits per heavy atom. The zero-order valence-corrected chi connectivity index (χ0v) is 14.1. The Balaban J connectivity index is 2.38. The van der Waals surface area contributed by atoms with E-state index in [4.69, 9.17) is 5.73 Å². The highest BCUT2D eigenvalue weighted by atomic mass is 16.1. The second-order valence-corrected chi connectivity index (χ2v) is 5.54. The van der Waals surface area contributed by atoms with Crippen molar-refractivity contribution in [1.29, 1.82) is 0 Å². The SMILES string of the molecule is CCN(C)c1cc(NC)c(N)cc1C(=O)Nc1ccc(C)cc1. The maximum atomic E-state index is 12.7. The molecule has 4 N–H and O–H groups in total. The summed E-state index contributed by atoms with van der Waals surface area (Å²) in [5, 5.41) is 5.98. The van der Waals surface area contributed by atoms with Gasteiger partial charge in [-0.25, -0.2) is 0 Å². The third kappa shape index (κ3) is 3.74. The molecule has 0 aliphatic carbocycles. The van der Waals surface area contributed by atoms with Gasteiger partial charge in [-0.1, -0.05) is 17.7 Å². The van der Waals surface area contributed by atoms with E-state index in [1.165, 1.54) is 0 Å². The molecule has 0 bridgehead atoms. The van der Waals surface area contributed by atoms with Gasteiger partial charge in [-0.2, -0.15) is 0 Å². The van der Waals surface area contributed by atoms with Crippen molar-refractivity contribution >= 4 is 28.7 Å². The Hall–Kier alpha value is -2.69. The van der Waals surface area contributed by atoms with E-state index in [0.717, 1.165) is 29.2 Å². The fourth-order valence-corrected chi connectivity index (χ4v) is 2.32. The zero-order valence-electron chi connectivity index (χ0n) is 14.1. The highest BCUT2D eigenvalue weighted by Crippen LogP contribution is 2.30. The van der Waals surface area contributed by atoms with Crippen molar-refractivity contribution in [2.45, 2.75) is 13.8 Å². The lowest BCUT2D eigenvalue weighted by molar-refractivity contribution is 0.102. The second kappa shape index (κ2) is 7.05. The van der Waals surface area contributed by atoms with E-state index in [2.05, 4.69) is 10.6 Å². The standard InChI is InChI=1S/C18H24N4O/c1-5-22(4)17-11-16(20-3)15(19)10-14(17)18(23)21-13-8-6-12(2)7-9-13/h6-11,20H,5,19H2,1-4H3,(H,21,23). The van der Waals surface area contributed by atoms with Crippen molar-refractivity contribution in [3.05, 3.63) is 47.5 Å². The summed E-state index contributed by atoms with van der Waals surface area (Å²) in [6.45, 7) is 4.84. The number of nitrogens with two attached hydrogens (primary N) is 1. The largest absolute Gasteiger partial charge is 0.397 e. The number of hydrogen-bond acceptors (Lipinski definition) is 4. The van der Waals surface area contributed by atoms with Gasteiger partial charge in [0.15, 0.2) is 0 Å². The Kier molecular flexibility index (Phi) is 5.11. The van der Waals surface area contributed by atoms with Gasteiger partial charge in [0, 0.05) is 26.3 Å². The third-order valence-corrected chi connectivity index (χ3v) is 3.88. The van der Waals surface area contributed by atoms with Crippen LogP contribution in [0.15, 0.2) is 36.4 Å². The van der Waals surface area contributed by atoms with Crippen LogP contribution in [0.2, 0.25) is 0 Å². The number of anilines is 4. The molecule has 0 aromatic heterocycles. The molecule has 0 aliphatic heterocycles. The summed E-state index contributed by atoms with van der Waals surface area (Å²) in [6, 6.07) is 11.3. The molecule has 0 saturated carbocycles. The third-order valence-electron chi connectivity index (χ3n) is 3.88. The summed E-state index contributed by atoms with van der Waals surface area (Å²) < 4.78 is 0. The molecule has 5 heteroatoms. The van der Waals surface area contributed by atoms with Gasteiger partial charge in [-0.3, -0.25) is 4.79 Å². The van der Waals surface area contributed by atoms with Gasteiger partial charge in [0.25, 0.3) is 5.91 Å². The molecular weight excluding hydrogens is 288 g/mol. The number of carbonyl (C=O) groups excluding carboxylic acids is 1. The summed E-state index contributed by atoms with van der Waals surface area (Å²) in [5.74, 6) is -0.168. The first-order valence-electron chi connectivity index (χ1n) is 7.66. The van der Waals surface area contributed by atoms with E-state index in [0.29, 0.717) is 11.3 Å². The van der Waals surface area contributed by atoms with Gasteiger partial charge in [-0.05, 0) is 38.1 Å². The van der Waals surface area contributed by atoms with Gasteiger partial charge in [0.05, 0.1) is 22.6 Å². The van der Waals surface area contributed by atoms with Gasteiger partial charge in [-0.15, -0.1) is 0 Å². The quantitative estimate of drug-likeness (QED) is 0.741. The molecule has 2 aromatic carbocycles.